The first kappa shape index (κ1) is 34.9. The maximum Gasteiger partial charge on any atom is 0.172 e. The molecule has 1 N–H and O–H groups in total. The Kier molecular flexibility index (Phi) is 11.9. The van der Waals surface area contributed by atoms with Gasteiger partial charge in [-0.15, -0.1) is 0 Å². The highest BCUT2D eigenvalue weighted by Gasteiger charge is 2.24. The first-order valence-corrected chi connectivity index (χ1v) is 16.3. The van der Waals surface area contributed by atoms with Gasteiger partial charge in [0.2, 0.25) is 0 Å². The summed E-state index contributed by atoms with van der Waals surface area (Å²) in [4.78, 5) is 28.2. The number of nitrogens with zero attached hydrogens (tertiary/aromatic N) is 5. The predicted molar refractivity (Wildman–Crippen MR) is 194 cm³/mol. The van der Waals surface area contributed by atoms with Crippen LogP contribution in [0.3, 0.4) is 0 Å². The van der Waals surface area contributed by atoms with Gasteiger partial charge in [0.05, 0.1) is 12.1 Å². The molecule has 0 aliphatic carbocycles. The summed E-state index contributed by atoms with van der Waals surface area (Å²) >= 11 is 0. The normalized spacial score (nSPS) is 13.9. The lowest BCUT2D eigenvalue weighted by Crippen LogP contribution is -2.30. The van der Waals surface area contributed by atoms with E-state index in [2.05, 4.69) is 79.2 Å². The van der Waals surface area contributed by atoms with Crippen LogP contribution in [0.4, 0.5) is 23.0 Å². The van der Waals surface area contributed by atoms with Gasteiger partial charge in [-0.25, -0.2) is 15.0 Å². The summed E-state index contributed by atoms with van der Waals surface area (Å²) in [6.07, 6.45) is 6.89. The zero-order chi connectivity index (χ0) is 34.1. The fourth-order valence-electron chi connectivity index (χ4n) is 5.26. The van der Waals surface area contributed by atoms with Gasteiger partial charge in [-0.1, -0.05) is 47.3 Å². The molecule has 1 aliphatic heterocycles. The summed E-state index contributed by atoms with van der Waals surface area (Å²) in [5, 5.41) is 3.48. The SMILES string of the molecule is C=CC(C)=O.C=CN(C)c1ccc(Oc2ccc(Nc3ncnc4cc5c(nc34)N(CCCC)CC(C)CO5)cc2C)cc1C(C)C. The van der Waals surface area contributed by atoms with E-state index >= 15 is 0 Å². The smallest absolute Gasteiger partial charge is 0.172 e. The number of fused-ring (bicyclic) bond motifs is 2. The van der Waals surface area contributed by atoms with Crippen LogP contribution in [0.2, 0.25) is 0 Å². The van der Waals surface area contributed by atoms with E-state index in [4.69, 9.17) is 14.5 Å². The molecule has 1 aliphatic rings. The molecule has 9 nitrogen and oxygen atoms in total. The van der Waals surface area contributed by atoms with Crippen LogP contribution in [-0.2, 0) is 4.79 Å². The molecule has 4 aromatic rings. The van der Waals surface area contributed by atoms with Crippen LogP contribution in [-0.4, -0.2) is 47.5 Å². The van der Waals surface area contributed by atoms with E-state index in [1.807, 2.05) is 49.3 Å². The van der Waals surface area contributed by atoms with Crippen LogP contribution in [0, 0.1) is 12.8 Å². The summed E-state index contributed by atoms with van der Waals surface area (Å²) in [6, 6.07) is 14.2. The molecule has 0 fully saturated rings. The summed E-state index contributed by atoms with van der Waals surface area (Å²) in [5.74, 6) is 4.69. The second-order valence-electron chi connectivity index (χ2n) is 12.3. The molecule has 2 aromatic heterocycles. The molecule has 2 aromatic carbocycles. The number of hydrogen-bond donors (Lipinski definition) is 1. The molecule has 0 spiro atoms. The maximum absolute atomic E-state index is 9.69. The Morgan fingerprint density at radius 1 is 1.19 bits per heavy atom. The lowest BCUT2D eigenvalue weighted by Gasteiger charge is -2.24. The number of ketones is 1. The van der Waals surface area contributed by atoms with E-state index in [1.165, 1.54) is 18.6 Å². The third-order valence-corrected chi connectivity index (χ3v) is 7.92. The molecule has 0 saturated carbocycles. The standard InChI is InChI=1S/C34H42N6O2.C4H6O/c1-8-10-15-40-19-23(5)20-41-31-18-28-32(38-34(31)40)33(36-21-35-28)37-25-11-14-30(24(6)16-25)42-26-12-13-29(39(7)9-2)27(17-26)22(3)4;1-3-4(2)5/h9,11-14,16-18,21-23H,2,8,10,15,19-20H2,1,3-7H3,(H,35,36,37);3H,1H2,2H3. The van der Waals surface area contributed by atoms with Gasteiger partial charge in [0.1, 0.15) is 23.3 Å². The van der Waals surface area contributed by atoms with E-state index in [-0.39, 0.29) is 5.78 Å². The quantitative estimate of drug-likeness (QED) is 0.162. The number of aromatic nitrogens is 3. The first-order chi connectivity index (χ1) is 22.5. The summed E-state index contributed by atoms with van der Waals surface area (Å²) < 4.78 is 12.5. The average molecular weight is 637 g/mol. The van der Waals surface area contributed by atoms with E-state index in [0.29, 0.717) is 24.3 Å². The number of carbonyl (C=O) groups is 1. The van der Waals surface area contributed by atoms with E-state index < -0.39 is 0 Å². The topological polar surface area (TPSA) is 92.7 Å². The second-order valence-corrected chi connectivity index (χ2v) is 12.3. The Morgan fingerprint density at radius 3 is 2.62 bits per heavy atom. The van der Waals surface area contributed by atoms with Gasteiger partial charge < -0.3 is 24.6 Å². The number of pyridine rings is 1. The fraction of sp³-hybridized carbons (Fsp3) is 0.368. The van der Waals surface area contributed by atoms with Crippen molar-refractivity contribution in [1.82, 2.24) is 15.0 Å². The highest BCUT2D eigenvalue weighted by Crippen LogP contribution is 2.37. The van der Waals surface area contributed by atoms with Gasteiger partial charge in [0, 0.05) is 43.5 Å². The van der Waals surface area contributed by atoms with Crippen molar-refractivity contribution in [3.63, 3.8) is 0 Å². The lowest BCUT2D eigenvalue weighted by molar-refractivity contribution is -0.112. The van der Waals surface area contributed by atoms with Crippen molar-refractivity contribution in [3.05, 3.63) is 85.4 Å². The van der Waals surface area contributed by atoms with Gasteiger partial charge in [-0.3, -0.25) is 4.79 Å². The Balaban J connectivity index is 0.000000930. The number of aryl methyl sites for hydroxylation is 1. The van der Waals surface area contributed by atoms with Crippen LogP contribution >= 0.6 is 0 Å². The van der Waals surface area contributed by atoms with E-state index in [9.17, 15) is 4.79 Å². The van der Waals surface area contributed by atoms with Gasteiger partial charge >= 0.3 is 0 Å². The predicted octanol–water partition coefficient (Wildman–Crippen LogP) is 8.97. The van der Waals surface area contributed by atoms with Crippen molar-refractivity contribution < 1.29 is 14.3 Å². The number of allylic oxidation sites excluding steroid dienone is 1. The Morgan fingerprint density at radius 2 is 1.96 bits per heavy atom. The van der Waals surface area contributed by atoms with Crippen LogP contribution in [0.15, 0.2) is 74.2 Å². The van der Waals surface area contributed by atoms with Crippen molar-refractivity contribution in [1.29, 1.82) is 0 Å². The molecule has 47 heavy (non-hydrogen) atoms. The number of rotatable bonds is 11. The molecule has 0 bridgehead atoms. The summed E-state index contributed by atoms with van der Waals surface area (Å²) in [5.41, 5.74) is 5.71. The number of anilines is 4. The minimum Gasteiger partial charge on any atom is -0.489 e. The molecule has 3 heterocycles. The molecular weight excluding hydrogens is 588 g/mol. The first-order valence-electron chi connectivity index (χ1n) is 16.3. The van der Waals surface area contributed by atoms with Crippen molar-refractivity contribution >= 4 is 39.8 Å². The maximum atomic E-state index is 9.69. The Labute approximate surface area is 279 Å². The van der Waals surface area contributed by atoms with Crippen LogP contribution in [0.25, 0.3) is 11.0 Å². The zero-order valence-electron chi connectivity index (χ0n) is 28.8. The van der Waals surface area contributed by atoms with Crippen molar-refractivity contribution in [2.75, 3.05) is 41.9 Å². The molecule has 248 valence electrons. The minimum absolute atomic E-state index is 0.0185. The molecule has 0 radical (unpaired) electrons. The number of ether oxygens (including phenoxy) is 2. The summed E-state index contributed by atoms with van der Waals surface area (Å²) in [6.45, 7) is 21.9. The molecular formula is C38H48N6O3. The van der Waals surface area contributed by atoms with E-state index in [0.717, 1.165) is 77.0 Å². The van der Waals surface area contributed by atoms with Crippen molar-refractivity contribution in [2.45, 2.75) is 60.3 Å². The second kappa shape index (κ2) is 16.1. The minimum atomic E-state index is 0.0185. The largest absolute Gasteiger partial charge is 0.489 e. The number of hydrogen-bond acceptors (Lipinski definition) is 9. The van der Waals surface area contributed by atoms with Gasteiger partial charge in [0.15, 0.2) is 23.2 Å². The zero-order valence-corrected chi connectivity index (χ0v) is 28.8. The van der Waals surface area contributed by atoms with Crippen LogP contribution in [0.1, 0.15) is 64.5 Å². The monoisotopic (exact) mass is 636 g/mol. The van der Waals surface area contributed by atoms with E-state index in [1.54, 1.807) is 6.33 Å². The average Bonchev–Trinajstić information content (AvgIpc) is 3.21. The fourth-order valence-corrected chi connectivity index (χ4v) is 5.26. The molecule has 9 heteroatoms. The highest BCUT2D eigenvalue weighted by molar-refractivity contribution is 5.90. The van der Waals surface area contributed by atoms with Gasteiger partial charge in [-0.05, 0) is 86.0 Å². The third kappa shape index (κ3) is 8.87. The molecule has 0 amide bonds. The van der Waals surface area contributed by atoms with Crippen LogP contribution in [0.5, 0.6) is 17.2 Å². The number of carbonyl (C=O) groups excluding carboxylic acids is 1. The number of benzene rings is 2. The molecule has 0 saturated heterocycles. The number of unbranched alkanes of at least 4 members (excludes halogenated alkanes) is 1. The van der Waals surface area contributed by atoms with Gasteiger partial charge in [0.25, 0.3) is 0 Å². The molecule has 1 unspecified atom stereocenters. The molecule has 1 atom stereocenters. The van der Waals surface area contributed by atoms with Crippen molar-refractivity contribution in [2.24, 2.45) is 5.92 Å². The number of nitrogens with one attached hydrogen (secondary N) is 1. The Bertz CT molecular complexity index is 1720. The van der Waals surface area contributed by atoms with Crippen LogP contribution < -0.4 is 24.6 Å². The summed E-state index contributed by atoms with van der Waals surface area (Å²) in [7, 11) is 2.01. The Hall–Kier alpha value is -4.92. The van der Waals surface area contributed by atoms with Gasteiger partial charge in [-0.2, -0.15) is 0 Å². The lowest BCUT2D eigenvalue weighted by atomic mass is 10.00. The third-order valence-electron chi connectivity index (χ3n) is 7.92. The molecule has 5 rings (SSSR count). The highest BCUT2D eigenvalue weighted by atomic mass is 16.5. The van der Waals surface area contributed by atoms with Crippen molar-refractivity contribution in [3.8, 4) is 17.2 Å².